The Kier molecular flexibility index (Phi) is 3.86. The van der Waals surface area contributed by atoms with Crippen molar-refractivity contribution in [1.29, 1.82) is 0 Å². The van der Waals surface area contributed by atoms with Crippen molar-refractivity contribution in [3.63, 3.8) is 0 Å². The highest BCUT2D eigenvalue weighted by atomic mass is 15.2. The van der Waals surface area contributed by atoms with Gasteiger partial charge in [0.05, 0.1) is 0 Å². The third-order valence-corrected chi connectivity index (χ3v) is 3.67. The predicted octanol–water partition coefficient (Wildman–Crippen LogP) is 2.23. The fourth-order valence-electron chi connectivity index (χ4n) is 2.66. The lowest BCUT2D eigenvalue weighted by Crippen LogP contribution is -2.45. The summed E-state index contributed by atoms with van der Waals surface area (Å²) < 4.78 is 0. The second kappa shape index (κ2) is 5.95. The normalized spacial score (nSPS) is 20.3. The summed E-state index contributed by atoms with van der Waals surface area (Å²) in [6, 6.07) is 15.4. The highest BCUT2D eigenvalue weighted by Crippen LogP contribution is 2.23. The maximum Gasteiger partial charge on any atom is 0.0476 e. The Balaban J connectivity index is 1.78. The van der Waals surface area contributed by atoms with Crippen LogP contribution in [0.5, 0.6) is 0 Å². The first-order valence-corrected chi connectivity index (χ1v) is 6.82. The zero-order chi connectivity index (χ0) is 12.9. The molecule has 0 spiro atoms. The Morgan fingerprint density at radius 1 is 1.11 bits per heavy atom. The lowest BCUT2D eigenvalue weighted by molar-refractivity contribution is 0.153. The largest absolute Gasteiger partial charge is 0.314 e. The van der Waals surface area contributed by atoms with Crippen LogP contribution in [-0.2, 0) is 6.54 Å². The minimum Gasteiger partial charge on any atom is -0.314 e. The first kappa shape index (κ1) is 12.3. The van der Waals surface area contributed by atoms with Gasteiger partial charge in [0.25, 0.3) is 0 Å². The lowest BCUT2D eigenvalue weighted by Gasteiger charge is -2.36. The molecule has 2 aromatic rings. The van der Waals surface area contributed by atoms with Crippen LogP contribution in [0.1, 0.15) is 17.2 Å². The van der Waals surface area contributed by atoms with Gasteiger partial charge in [-0.2, -0.15) is 0 Å². The first-order valence-electron chi connectivity index (χ1n) is 6.82. The van der Waals surface area contributed by atoms with Crippen molar-refractivity contribution in [1.82, 2.24) is 15.2 Å². The van der Waals surface area contributed by atoms with E-state index in [1.165, 1.54) is 11.1 Å². The number of piperazine rings is 1. The number of hydrogen-bond acceptors (Lipinski definition) is 3. The fourth-order valence-corrected chi connectivity index (χ4v) is 2.66. The molecule has 19 heavy (non-hydrogen) atoms. The van der Waals surface area contributed by atoms with E-state index >= 15 is 0 Å². The molecule has 1 aliphatic heterocycles. The average molecular weight is 253 g/mol. The maximum absolute atomic E-state index is 4.08. The Morgan fingerprint density at radius 2 is 1.89 bits per heavy atom. The molecule has 0 radical (unpaired) electrons. The number of aromatic nitrogens is 1. The molecule has 3 heteroatoms. The van der Waals surface area contributed by atoms with E-state index in [4.69, 9.17) is 0 Å². The summed E-state index contributed by atoms with van der Waals surface area (Å²) in [5.74, 6) is 0. The summed E-state index contributed by atoms with van der Waals surface area (Å²) in [6.07, 6.45) is 3.74. The molecule has 1 fully saturated rings. The molecular formula is C16H19N3. The minimum absolute atomic E-state index is 0.461. The van der Waals surface area contributed by atoms with Gasteiger partial charge in [0, 0.05) is 44.6 Å². The van der Waals surface area contributed by atoms with E-state index in [9.17, 15) is 0 Å². The van der Waals surface area contributed by atoms with Gasteiger partial charge < -0.3 is 5.32 Å². The standard InChI is InChI=1S/C16H19N3/c1-2-4-15(5-3-1)16-12-18-10-11-19(16)13-14-6-8-17-9-7-14/h1-9,16,18H,10-13H2. The molecule has 0 aliphatic carbocycles. The lowest BCUT2D eigenvalue weighted by atomic mass is 10.0. The van der Waals surface area contributed by atoms with Gasteiger partial charge >= 0.3 is 0 Å². The van der Waals surface area contributed by atoms with Gasteiger partial charge in [-0.15, -0.1) is 0 Å². The molecule has 1 atom stereocenters. The van der Waals surface area contributed by atoms with E-state index in [1.807, 2.05) is 12.4 Å². The predicted molar refractivity (Wildman–Crippen MR) is 76.7 cm³/mol. The zero-order valence-electron chi connectivity index (χ0n) is 11.0. The summed E-state index contributed by atoms with van der Waals surface area (Å²) in [5.41, 5.74) is 2.72. The van der Waals surface area contributed by atoms with Crippen LogP contribution >= 0.6 is 0 Å². The van der Waals surface area contributed by atoms with E-state index in [1.54, 1.807) is 0 Å². The van der Waals surface area contributed by atoms with Gasteiger partial charge in [0.15, 0.2) is 0 Å². The van der Waals surface area contributed by atoms with E-state index in [-0.39, 0.29) is 0 Å². The SMILES string of the molecule is c1ccc(C2CNCCN2Cc2ccncc2)cc1. The monoisotopic (exact) mass is 253 g/mol. The first-order chi connectivity index (χ1) is 9.43. The van der Waals surface area contributed by atoms with Gasteiger partial charge in [-0.05, 0) is 23.3 Å². The third kappa shape index (κ3) is 3.00. The Bertz CT molecular complexity index is 498. The van der Waals surface area contributed by atoms with Crippen LogP contribution in [0.4, 0.5) is 0 Å². The molecule has 98 valence electrons. The van der Waals surface area contributed by atoms with Gasteiger partial charge in [-0.3, -0.25) is 9.88 Å². The second-order valence-electron chi connectivity index (χ2n) is 4.96. The Hall–Kier alpha value is -1.71. The number of hydrogen-bond donors (Lipinski definition) is 1. The van der Waals surface area contributed by atoms with Gasteiger partial charge in [-0.25, -0.2) is 0 Å². The van der Waals surface area contributed by atoms with E-state index in [2.05, 4.69) is 57.7 Å². The highest BCUT2D eigenvalue weighted by Gasteiger charge is 2.23. The molecule has 0 saturated carbocycles. The molecule has 1 saturated heterocycles. The molecule has 1 unspecified atom stereocenters. The van der Waals surface area contributed by atoms with Crippen LogP contribution in [-0.4, -0.2) is 29.5 Å². The maximum atomic E-state index is 4.08. The minimum atomic E-state index is 0.461. The number of pyridine rings is 1. The summed E-state index contributed by atoms with van der Waals surface area (Å²) in [4.78, 5) is 6.63. The summed E-state index contributed by atoms with van der Waals surface area (Å²) in [7, 11) is 0. The second-order valence-corrected chi connectivity index (χ2v) is 4.96. The van der Waals surface area contributed by atoms with Crippen molar-refractivity contribution >= 4 is 0 Å². The van der Waals surface area contributed by atoms with Crippen LogP contribution in [0.25, 0.3) is 0 Å². The van der Waals surface area contributed by atoms with Crippen LogP contribution in [0.3, 0.4) is 0 Å². The molecule has 1 aromatic heterocycles. The van der Waals surface area contributed by atoms with Gasteiger partial charge in [0.1, 0.15) is 0 Å². The number of nitrogens with zero attached hydrogens (tertiary/aromatic N) is 2. The number of rotatable bonds is 3. The molecule has 0 amide bonds. The smallest absolute Gasteiger partial charge is 0.0476 e. The van der Waals surface area contributed by atoms with Crippen molar-refractivity contribution in [3.8, 4) is 0 Å². The molecule has 1 N–H and O–H groups in total. The summed E-state index contributed by atoms with van der Waals surface area (Å²) >= 11 is 0. The molecule has 3 rings (SSSR count). The molecule has 0 bridgehead atoms. The average Bonchev–Trinajstić information content (AvgIpc) is 2.50. The third-order valence-electron chi connectivity index (χ3n) is 3.67. The van der Waals surface area contributed by atoms with Crippen LogP contribution in [0.2, 0.25) is 0 Å². The Morgan fingerprint density at radius 3 is 2.68 bits per heavy atom. The zero-order valence-corrected chi connectivity index (χ0v) is 11.0. The Labute approximate surface area is 114 Å². The summed E-state index contributed by atoms with van der Waals surface area (Å²) in [5, 5.41) is 3.50. The van der Waals surface area contributed by atoms with Crippen molar-refractivity contribution in [2.45, 2.75) is 12.6 Å². The van der Waals surface area contributed by atoms with Gasteiger partial charge in [-0.1, -0.05) is 30.3 Å². The number of benzene rings is 1. The number of nitrogens with one attached hydrogen (secondary N) is 1. The molecule has 1 aromatic carbocycles. The highest BCUT2D eigenvalue weighted by molar-refractivity contribution is 5.21. The van der Waals surface area contributed by atoms with E-state index < -0.39 is 0 Å². The fraction of sp³-hybridized carbons (Fsp3) is 0.312. The quantitative estimate of drug-likeness (QED) is 0.909. The summed E-state index contributed by atoms with van der Waals surface area (Å²) in [6.45, 7) is 4.16. The van der Waals surface area contributed by atoms with Crippen LogP contribution in [0, 0.1) is 0 Å². The van der Waals surface area contributed by atoms with Crippen molar-refractivity contribution in [2.24, 2.45) is 0 Å². The van der Waals surface area contributed by atoms with Crippen LogP contribution < -0.4 is 5.32 Å². The molecular weight excluding hydrogens is 234 g/mol. The topological polar surface area (TPSA) is 28.2 Å². The van der Waals surface area contributed by atoms with Crippen molar-refractivity contribution in [2.75, 3.05) is 19.6 Å². The van der Waals surface area contributed by atoms with E-state index in [0.29, 0.717) is 6.04 Å². The van der Waals surface area contributed by atoms with Gasteiger partial charge in [0.2, 0.25) is 0 Å². The molecule has 1 aliphatic rings. The van der Waals surface area contributed by atoms with Crippen molar-refractivity contribution < 1.29 is 0 Å². The molecule has 2 heterocycles. The molecule has 3 nitrogen and oxygen atoms in total. The van der Waals surface area contributed by atoms with Crippen molar-refractivity contribution in [3.05, 3.63) is 66.0 Å². The van der Waals surface area contributed by atoms with E-state index in [0.717, 1.165) is 26.2 Å². The van der Waals surface area contributed by atoms with Crippen LogP contribution in [0.15, 0.2) is 54.9 Å².